The lowest BCUT2D eigenvalue weighted by molar-refractivity contribution is -0.132. The molecule has 1 aromatic heterocycles. The van der Waals surface area contributed by atoms with Crippen molar-refractivity contribution in [2.45, 2.75) is 0 Å². The summed E-state index contributed by atoms with van der Waals surface area (Å²) < 4.78 is 10.5. The Bertz CT molecular complexity index is 965. The SMILES string of the molecule is COC(=O)c1ccccc1-c1ccc(C=C2C(=O)N(C)C(=S)N(C)C2=O)o1. The van der Waals surface area contributed by atoms with E-state index in [4.69, 9.17) is 21.4 Å². The van der Waals surface area contributed by atoms with Crippen LogP contribution in [0.4, 0.5) is 0 Å². The van der Waals surface area contributed by atoms with Gasteiger partial charge in [-0.15, -0.1) is 0 Å². The summed E-state index contributed by atoms with van der Waals surface area (Å²) in [5, 5.41) is 0.134. The number of methoxy groups -OCH3 is 1. The van der Waals surface area contributed by atoms with Crippen molar-refractivity contribution in [2.24, 2.45) is 0 Å². The third-order valence-corrected chi connectivity index (χ3v) is 4.70. The van der Waals surface area contributed by atoms with Gasteiger partial charge in [-0.2, -0.15) is 0 Å². The Labute approximate surface area is 160 Å². The first-order chi connectivity index (χ1) is 12.8. The number of hydrogen-bond donors (Lipinski definition) is 0. The Hall–Kier alpha value is -3.26. The summed E-state index contributed by atoms with van der Waals surface area (Å²) in [5.41, 5.74) is 0.838. The second kappa shape index (κ2) is 7.16. The van der Waals surface area contributed by atoms with E-state index in [2.05, 4.69) is 0 Å². The summed E-state index contributed by atoms with van der Waals surface area (Å²) >= 11 is 5.06. The smallest absolute Gasteiger partial charge is 0.338 e. The summed E-state index contributed by atoms with van der Waals surface area (Å²) in [7, 11) is 4.30. The van der Waals surface area contributed by atoms with Gasteiger partial charge in [0.1, 0.15) is 17.1 Å². The van der Waals surface area contributed by atoms with Crippen molar-refractivity contribution in [1.29, 1.82) is 0 Å². The molecule has 8 heteroatoms. The lowest BCUT2D eigenvalue weighted by atomic mass is 10.1. The van der Waals surface area contributed by atoms with Crippen molar-refractivity contribution in [3.8, 4) is 11.3 Å². The molecule has 27 heavy (non-hydrogen) atoms. The molecule has 0 unspecified atom stereocenters. The maximum Gasteiger partial charge on any atom is 0.338 e. The van der Waals surface area contributed by atoms with Gasteiger partial charge in [-0.25, -0.2) is 4.79 Å². The molecule has 0 radical (unpaired) electrons. The second-order valence-electron chi connectivity index (χ2n) is 5.81. The highest BCUT2D eigenvalue weighted by Gasteiger charge is 2.35. The van der Waals surface area contributed by atoms with Crippen LogP contribution in [0.3, 0.4) is 0 Å². The van der Waals surface area contributed by atoms with Crippen LogP contribution in [0.2, 0.25) is 0 Å². The molecule has 1 saturated heterocycles. The monoisotopic (exact) mass is 384 g/mol. The fraction of sp³-hybridized carbons (Fsp3) is 0.158. The van der Waals surface area contributed by atoms with E-state index >= 15 is 0 Å². The van der Waals surface area contributed by atoms with Crippen LogP contribution in [0, 0.1) is 0 Å². The highest BCUT2D eigenvalue weighted by molar-refractivity contribution is 7.80. The predicted molar refractivity (Wildman–Crippen MR) is 102 cm³/mol. The van der Waals surface area contributed by atoms with Gasteiger partial charge in [0.15, 0.2) is 5.11 Å². The van der Waals surface area contributed by atoms with E-state index < -0.39 is 17.8 Å². The van der Waals surface area contributed by atoms with Crippen LogP contribution >= 0.6 is 12.2 Å². The minimum Gasteiger partial charge on any atom is -0.465 e. The van der Waals surface area contributed by atoms with E-state index in [9.17, 15) is 14.4 Å². The fourth-order valence-electron chi connectivity index (χ4n) is 2.68. The van der Waals surface area contributed by atoms with Crippen molar-refractivity contribution in [3.63, 3.8) is 0 Å². The van der Waals surface area contributed by atoms with Crippen LogP contribution < -0.4 is 0 Å². The van der Waals surface area contributed by atoms with E-state index in [-0.39, 0.29) is 10.7 Å². The number of carbonyl (C=O) groups excluding carboxylic acids is 3. The average Bonchev–Trinajstić information content (AvgIpc) is 3.16. The first kappa shape index (κ1) is 18.5. The fourth-order valence-corrected chi connectivity index (χ4v) is 2.84. The van der Waals surface area contributed by atoms with Crippen LogP contribution in [-0.4, -0.2) is 53.9 Å². The molecule has 0 N–H and O–H groups in total. The number of amides is 2. The Kier molecular flexibility index (Phi) is 4.91. The molecule has 0 atom stereocenters. The summed E-state index contributed by atoms with van der Waals surface area (Å²) in [6, 6.07) is 10.1. The summed E-state index contributed by atoms with van der Waals surface area (Å²) in [6.07, 6.45) is 1.36. The maximum atomic E-state index is 12.4. The predicted octanol–water partition coefficient (Wildman–Crippen LogP) is 2.33. The summed E-state index contributed by atoms with van der Waals surface area (Å²) in [5.74, 6) is -0.782. The van der Waals surface area contributed by atoms with Gasteiger partial charge in [0.25, 0.3) is 11.8 Å². The summed E-state index contributed by atoms with van der Waals surface area (Å²) in [4.78, 5) is 39.1. The van der Waals surface area contributed by atoms with Crippen molar-refractivity contribution < 1.29 is 23.5 Å². The van der Waals surface area contributed by atoms with Gasteiger partial charge >= 0.3 is 5.97 Å². The topological polar surface area (TPSA) is 80.1 Å². The number of thiocarbonyl (C=S) groups is 1. The van der Waals surface area contributed by atoms with Gasteiger partial charge in [-0.1, -0.05) is 18.2 Å². The van der Waals surface area contributed by atoms with E-state index in [0.717, 1.165) is 0 Å². The normalized spacial score (nSPS) is 14.6. The second-order valence-corrected chi connectivity index (χ2v) is 6.17. The number of ether oxygens (including phenoxy) is 1. The molecule has 2 heterocycles. The Morgan fingerprint density at radius 2 is 1.70 bits per heavy atom. The number of esters is 1. The number of benzene rings is 1. The third-order valence-electron chi connectivity index (χ3n) is 4.16. The molecule has 3 rings (SSSR count). The molecule has 1 aliphatic rings. The minimum atomic E-state index is -0.504. The molecular weight excluding hydrogens is 368 g/mol. The number of rotatable bonds is 3. The van der Waals surface area contributed by atoms with Crippen LogP contribution in [0.25, 0.3) is 17.4 Å². The number of likely N-dealkylation sites (N-methyl/N-ethyl adjacent to an activating group) is 2. The molecule has 0 spiro atoms. The Morgan fingerprint density at radius 1 is 1.07 bits per heavy atom. The number of nitrogens with zero attached hydrogens (tertiary/aromatic N) is 2. The molecule has 0 bridgehead atoms. The van der Waals surface area contributed by atoms with E-state index in [1.54, 1.807) is 36.4 Å². The van der Waals surface area contributed by atoms with Crippen molar-refractivity contribution >= 4 is 41.2 Å². The zero-order chi connectivity index (χ0) is 19.7. The number of hydrogen-bond acceptors (Lipinski definition) is 6. The van der Waals surface area contributed by atoms with Gasteiger partial charge in [-0.3, -0.25) is 19.4 Å². The van der Waals surface area contributed by atoms with Crippen LogP contribution in [0.1, 0.15) is 16.1 Å². The van der Waals surface area contributed by atoms with E-state index in [1.807, 2.05) is 0 Å². The molecule has 7 nitrogen and oxygen atoms in total. The number of furan rings is 1. The molecule has 138 valence electrons. The highest BCUT2D eigenvalue weighted by atomic mass is 32.1. The van der Waals surface area contributed by atoms with E-state index in [0.29, 0.717) is 22.6 Å². The average molecular weight is 384 g/mol. The standard InChI is InChI=1S/C19H16N2O5S/c1-20-16(22)14(17(23)21(2)19(20)27)10-11-8-9-15(26-11)12-6-4-5-7-13(12)18(24)25-3/h4-10H,1-3H3. The van der Waals surface area contributed by atoms with Gasteiger partial charge in [0.05, 0.1) is 12.7 Å². The molecule has 1 aromatic carbocycles. The zero-order valence-electron chi connectivity index (χ0n) is 14.9. The molecule has 1 aliphatic heterocycles. The number of carbonyl (C=O) groups is 3. The molecule has 2 amide bonds. The largest absolute Gasteiger partial charge is 0.465 e. The Morgan fingerprint density at radius 3 is 2.33 bits per heavy atom. The molecular formula is C19H16N2O5S. The molecule has 2 aromatic rings. The van der Waals surface area contributed by atoms with Gasteiger partial charge in [0, 0.05) is 19.7 Å². The van der Waals surface area contributed by atoms with Crippen LogP contribution in [-0.2, 0) is 14.3 Å². The first-order valence-corrected chi connectivity index (χ1v) is 8.35. The van der Waals surface area contributed by atoms with Crippen molar-refractivity contribution in [1.82, 2.24) is 9.80 Å². The zero-order valence-corrected chi connectivity index (χ0v) is 15.7. The first-order valence-electron chi connectivity index (χ1n) is 7.94. The van der Waals surface area contributed by atoms with Crippen LogP contribution in [0.5, 0.6) is 0 Å². The highest BCUT2D eigenvalue weighted by Crippen LogP contribution is 2.28. The van der Waals surface area contributed by atoms with Crippen LogP contribution in [0.15, 0.2) is 46.4 Å². The summed E-state index contributed by atoms with van der Waals surface area (Å²) in [6.45, 7) is 0. The maximum absolute atomic E-state index is 12.4. The molecule has 0 aliphatic carbocycles. The van der Waals surface area contributed by atoms with Crippen molar-refractivity contribution in [3.05, 3.63) is 53.3 Å². The third kappa shape index (κ3) is 3.26. The van der Waals surface area contributed by atoms with Crippen molar-refractivity contribution in [2.75, 3.05) is 21.2 Å². The quantitative estimate of drug-likeness (QED) is 0.350. The Balaban J connectivity index is 1.99. The lowest BCUT2D eigenvalue weighted by Crippen LogP contribution is -2.52. The van der Waals surface area contributed by atoms with E-state index in [1.165, 1.54) is 37.1 Å². The van der Waals surface area contributed by atoms with Gasteiger partial charge in [-0.05, 0) is 36.5 Å². The van der Waals surface area contributed by atoms with Gasteiger partial charge in [0.2, 0.25) is 0 Å². The van der Waals surface area contributed by atoms with Gasteiger partial charge < -0.3 is 9.15 Å². The lowest BCUT2D eigenvalue weighted by Gasteiger charge is -2.31. The molecule has 0 saturated carbocycles. The minimum absolute atomic E-state index is 0.0595. The molecule has 1 fully saturated rings.